The van der Waals surface area contributed by atoms with Crippen LogP contribution in [0.4, 0.5) is 13.2 Å². The maximum absolute atomic E-state index is 12.5. The predicted molar refractivity (Wildman–Crippen MR) is 62.3 cm³/mol. The number of rotatable bonds is 3. The molecule has 2 bridgehead atoms. The molecule has 1 aliphatic heterocycles. The molecule has 3 saturated carbocycles. The van der Waals surface area contributed by atoms with Crippen LogP contribution in [0.5, 0.6) is 0 Å². The summed E-state index contributed by atoms with van der Waals surface area (Å²) in [6.45, 7) is 2.89. The molecule has 1 aromatic heterocycles. The average molecular weight is 271 g/mol. The number of hydrogen-bond acceptors (Lipinski definition) is 2. The number of halogens is 3. The SMILES string of the molecule is FC(F)(F)c1cnn(CC23CC(C4CNC4)(C2)C3)c1. The maximum atomic E-state index is 12.5. The van der Waals surface area contributed by atoms with Crippen molar-refractivity contribution in [3.63, 3.8) is 0 Å². The average Bonchev–Trinajstić information content (AvgIpc) is 2.56. The molecule has 1 saturated heterocycles. The van der Waals surface area contributed by atoms with E-state index in [1.165, 1.54) is 23.9 Å². The smallest absolute Gasteiger partial charge is 0.316 e. The van der Waals surface area contributed by atoms with Gasteiger partial charge in [-0.25, -0.2) is 0 Å². The van der Waals surface area contributed by atoms with Crippen LogP contribution in [-0.4, -0.2) is 22.9 Å². The number of nitrogens with zero attached hydrogens (tertiary/aromatic N) is 2. The first-order valence-corrected chi connectivity index (χ1v) is 6.71. The van der Waals surface area contributed by atoms with Crippen LogP contribution in [0.3, 0.4) is 0 Å². The van der Waals surface area contributed by atoms with E-state index in [0.29, 0.717) is 12.0 Å². The molecule has 19 heavy (non-hydrogen) atoms. The van der Waals surface area contributed by atoms with Crippen LogP contribution in [0.15, 0.2) is 12.4 Å². The Labute approximate surface area is 109 Å². The number of nitrogens with one attached hydrogen (secondary N) is 1. The lowest BCUT2D eigenvalue weighted by Crippen LogP contribution is -2.71. The minimum atomic E-state index is -4.28. The van der Waals surface area contributed by atoms with Crippen molar-refractivity contribution < 1.29 is 13.2 Å². The van der Waals surface area contributed by atoms with Gasteiger partial charge in [-0.1, -0.05) is 0 Å². The molecule has 0 amide bonds. The Balaban J connectivity index is 1.40. The number of hydrogen-bond donors (Lipinski definition) is 1. The van der Waals surface area contributed by atoms with E-state index in [-0.39, 0.29) is 5.41 Å². The van der Waals surface area contributed by atoms with E-state index in [9.17, 15) is 13.2 Å². The van der Waals surface area contributed by atoms with Crippen LogP contribution in [0.1, 0.15) is 24.8 Å². The monoisotopic (exact) mass is 271 g/mol. The van der Waals surface area contributed by atoms with Crippen molar-refractivity contribution in [2.45, 2.75) is 32.0 Å². The quantitative estimate of drug-likeness (QED) is 0.914. The van der Waals surface area contributed by atoms with Crippen molar-refractivity contribution in [1.29, 1.82) is 0 Å². The molecule has 104 valence electrons. The van der Waals surface area contributed by atoms with Gasteiger partial charge in [0, 0.05) is 12.7 Å². The highest BCUT2D eigenvalue weighted by Gasteiger charge is 2.70. The zero-order valence-corrected chi connectivity index (χ0v) is 10.5. The van der Waals surface area contributed by atoms with E-state index in [4.69, 9.17) is 0 Å². The van der Waals surface area contributed by atoms with Gasteiger partial charge in [0.2, 0.25) is 0 Å². The van der Waals surface area contributed by atoms with E-state index in [1.54, 1.807) is 0 Å². The van der Waals surface area contributed by atoms with Gasteiger partial charge in [-0.15, -0.1) is 0 Å². The first-order chi connectivity index (χ1) is 8.91. The highest BCUT2D eigenvalue weighted by Crippen LogP contribution is 2.77. The second-order valence-electron chi connectivity index (χ2n) is 6.67. The van der Waals surface area contributed by atoms with Gasteiger partial charge in [0.25, 0.3) is 0 Å². The first-order valence-electron chi connectivity index (χ1n) is 6.71. The molecule has 0 radical (unpaired) electrons. The summed E-state index contributed by atoms with van der Waals surface area (Å²) in [5.74, 6) is 0.803. The van der Waals surface area contributed by atoms with Crippen LogP contribution in [0.2, 0.25) is 0 Å². The van der Waals surface area contributed by atoms with Crippen molar-refractivity contribution in [1.82, 2.24) is 15.1 Å². The molecule has 2 heterocycles. The lowest BCUT2D eigenvalue weighted by molar-refractivity contribution is -0.251. The molecular formula is C13H16F3N3. The van der Waals surface area contributed by atoms with Crippen molar-refractivity contribution >= 4 is 0 Å². The molecule has 3 aliphatic carbocycles. The van der Waals surface area contributed by atoms with Crippen molar-refractivity contribution in [3.05, 3.63) is 18.0 Å². The van der Waals surface area contributed by atoms with Gasteiger partial charge in [0.1, 0.15) is 0 Å². The third-order valence-corrected chi connectivity index (χ3v) is 5.29. The van der Waals surface area contributed by atoms with Gasteiger partial charge in [-0.2, -0.15) is 18.3 Å². The Morgan fingerprint density at radius 2 is 2.00 bits per heavy atom. The third-order valence-electron chi connectivity index (χ3n) is 5.29. The maximum Gasteiger partial charge on any atom is 0.419 e. The fourth-order valence-electron chi connectivity index (χ4n) is 4.35. The zero-order valence-electron chi connectivity index (χ0n) is 10.5. The first kappa shape index (κ1) is 11.8. The summed E-state index contributed by atoms with van der Waals surface area (Å²) in [7, 11) is 0. The van der Waals surface area contributed by atoms with Gasteiger partial charge in [0.15, 0.2) is 0 Å². The van der Waals surface area contributed by atoms with Gasteiger partial charge in [0.05, 0.1) is 11.8 Å². The van der Waals surface area contributed by atoms with Crippen LogP contribution in [0.25, 0.3) is 0 Å². The topological polar surface area (TPSA) is 29.9 Å². The highest BCUT2D eigenvalue weighted by atomic mass is 19.4. The molecule has 0 atom stereocenters. The summed E-state index contributed by atoms with van der Waals surface area (Å²) >= 11 is 0. The molecule has 1 aromatic rings. The van der Waals surface area contributed by atoms with Crippen LogP contribution < -0.4 is 5.32 Å². The third kappa shape index (κ3) is 1.58. The van der Waals surface area contributed by atoms with E-state index in [2.05, 4.69) is 10.4 Å². The molecular weight excluding hydrogens is 255 g/mol. The summed E-state index contributed by atoms with van der Waals surface area (Å²) in [5, 5.41) is 7.16. The van der Waals surface area contributed by atoms with Crippen LogP contribution >= 0.6 is 0 Å². The zero-order chi connectivity index (χ0) is 13.3. The van der Waals surface area contributed by atoms with E-state index >= 15 is 0 Å². The summed E-state index contributed by atoms with van der Waals surface area (Å²) in [6, 6.07) is 0. The Hall–Kier alpha value is -1.04. The summed E-state index contributed by atoms with van der Waals surface area (Å²) in [5.41, 5.74) is 0.118. The molecule has 4 aliphatic rings. The second-order valence-corrected chi connectivity index (χ2v) is 6.67. The Kier molecular flexibility index (Phi) is 2.07. The summed E-state index contributed by atoms with van der Waals surface area (Å²) in [6.07, 6.45) is 1.31. The standard InChI is InChI=1S/C13H16F3N3/c14-13(15,16)10-3-18-19(4-10)8-11-5-12(6-11,7-11)9-1-17-2-9/h3-4,9,17H,1-2,5-8H2. The summed E-state index contributed by atoms with van der Waals surface area (Å²) < 4.78 is 39.0. The number of alkyl halides is 3. The molecule has 3 nitrogen and oxygen atoms in total. The molecule has 1 N–H and O–H groups in total. The molecule has 0 spiro atoms. The van der Waals surface area contributed by atoms with Gasteiger partial charge < -0.3 is 5.32 Å². The predicted octanol–water partition coefficient (Wildman–Crippen LogP) is 2.29. The highest BCUT2D eigenvalue weighted by molar-refractivity contribution is 5.21. The Morgan fingerprint density at radius 3 is 2.47 bits per heavy atom. The van der Waals surface area contributed by atoms with E-state index in [1.807, 2.05) is 0 Å². The molecule has 0 unspecified atom stereocenters. The lowest BCUT2D eigenvalue weighted by Gasteiger charge is -2.75. The summed E-state index contributed by atoms with van der Waals surface area (Å²) in [4.78, 5) is 0. The lowest BCUT2D eigenvalue weighted by atomic mass is 9.31. The van der Waals surface area contributed by atoms with Crippen molar-refractivity contribution in [2.24, 2.45) is 16.7 Å². The minimum Gasteiger partial charge on any atom is -0.316 e. The number of aromatic nitrogens is 2. The molecule has 0 aromatic carbocycles. The fourth-order valence-corrected chi connectivity index (χ4v) is 4.35. The van der Waals surface area contributed by atoms with Crippen LogP contribution in [-0.2, 0) is 12.7 Å². The Bertz CT molecular complexity index is 496. The van der Waals surface area contributed by atoms with E-state index in [0.717, 1.165) is 31.4 Å². The normalized spacial score (nSPS) is 37.4. The minimum absolute atomic E-state index is 0.241. The van der Waals surface area contributed by atoms with Gasteiger partial charge >= 0.3 is 6.18 Å². The van der Waals surface area contributed by atoms with Gasteiger partial charge in [-0.3, -0.25) is 4.68 Å². The largest absolute Gasteiger partial charge is 0.419 e. The van der Waals surface area contributed by atoms with Gasteiger partial charge in [-0.05, 0) is 49.1 Å². The molecule has 4 fully saturated rings. The fraction of sp³-hybridized carbons (Fsp3) is 0.769. The second kappa shape index (κ2) is 3.34. The van der Waals surface area contributed by atoms with Crippen molar-refractivity contribution in [3.8, 4) is 0 Å². The Morgan fingerprint density at radius 1 is 1.32 bits per heavy atom. The van der Waals surface area contributed by atoms with Crippen molar-refractivity contribution in [2.75, 3.05) is 13.1 Å². The van der Waals surface area contributed by atoms with Crippen LogP contribution in [0, 0.1) is 16.7 Å². The van der Waals surface area contributed by atoms with E-state index < -0.39 is 11.7 Å². The molecule has 5 rings (SSSR count). The molecule has 6 heteroatoms.